The molecule has 0 radical (unpaired) electrons. The van der Waals surface area contributed by atoms with Crippen molar-refractivity contribution in [1.29, 1.82) is 0 Å². The van der Waals surface area contributed by atoms with Gasteiger partial charge in [-0.3, -0.25) is 4.79 Å². The van der Waals surface area contributed by atoms with E-state index in [1.807, 2.05) is 11.8 Å². The lowest BCUT2D eigenvalue weighted by atomic mass is 10.2. The van der Waals surface area contributed by atoms with Gasteiger partial charge < -0.3 is 10.1 Å². The van der Waals surface area contributed by atoms with Crippen molar-refractivity contribution in [2.45, 2.75) is 43.4 Å². The van der Waals surface area contributed by atoms with Crippen LogP contribution in [0.25, 0.3) is 0 Å². The van der Waals surface area contributed by atoms with Gasteiger partial charge in [-0.1, -0.05) is 32.0 Å². The van der Waals surface area contributed by atoms with Gasteiger partial charge in [-0.2, -0.15) is 0 Å². The maximum Gasteiger partial charge on any atom is 0.305 e. The second kappa shape index (κ2) is 8.99. The van der Waals surface area contributed by atoms with Gasteiger partial charge in [0.2, 0.25) is 0 Å². The summed E-state index contributed by atoms with van der Waals surface area (Å²) in [6.45, 7) is 6.07. The molecule has 0 saturated heterocycles. The molecule has 0 unspecified atom stereocenters. The van der Waals surface area contributed by atoms with Gasteiger partial charge in [0, 0.05) is 23.1 Å². The molecule has 0 aliphatic heterocycles. The number of esters is 1. The van der Waals surface area contributed by atoms with E-state index in [1.54, 1.807) is 0 Å². The number of hydrogen-bond donors (Lipinski definition) is 1. The van der Waals surface area contributed by atoms with Gasteiger partial charge in [0.05, 0.1) is 7.11 Å². The van der Waals surface area contributed by atoms with Crippen LogP contribution >= 0.6 is 11.8 Å². The summed E-state index contributed by atoms with van der Waals surface area (Å²) in [5.41, 5.74) is 1.32. The fraction of sp³-hybridized carbons (Fsp3) is 0.533. The number of nitrogens with one attached hydrogen (secondary N) is 1. The van der Waals surface area contributed by atoms with E-state index in [0.29, 0.717) is 11.7 Å². The predicted octanol–water partition coefficient (Wildman–Crippen LogP) is 3.23. The second-order valence-electron chi connectivity index (χ2n) is 4.63. The van der Waals surface area contributed by atoms with Crippen molar-refractivity contribution in [1.82, 2.24) is 5.32 Å². The molecule has 1 aromatic carbocycles. The molecule has 0 heterocycles. The normalized spacial score (nSPS) is 10.7. The Labute approximate surface area is 120 Å². The van der Waals surface area contributed by atoms with Crippen molar-refractivity contribution in [2.75, 3.05) is 13.7 Å². The van der Waals surface area contributed by atoms with Gasteiger partial charge in [-0.05, 0) is 24.6 Å². The van der Waals surface area contributed by atoms with Crippen molar-refractivity contribution in [3.05, 3.63) is 29.8 Å². The van der Waals surface area contributed by atoms with Crippen molar-refractivity contribution in [3.8, 4) is 0 Å². The van der Waals surface area contributed by atoms with E-state index in [1.165, 1.54) is 17.6 Å². The van der Waals surface area contributed by atoms with Crippen LogP contribution in [-0.4, -0.2) is 24.9 Å². The molecular formula is C15H23NO2S. The summed E-state index contributed by atoms with van der Waals surface area (Å²) >= 11 is 1.88. The predicted molar refractivity (Wildman–Crippen MR) is 80.4 cm³/mol. The van der Waals surface area contributed by atoms with Crippen LogP contribution in [0.2, 0.25) is 0 Å². The molecule has 1 N–H and O–H groups in total. The standard InChI is InChI=1S/C15H23NO2S/c1-12(2)19-14-8-5-4-7-13(14)11-16-10-6-9-15(17)18-3/h4-5,7-8,12,16H,6,9-11H2,1-3H3. The first-order valence-electron chi connectivity index (χ1n) is 6.65. The smallest absolute Gasteiger partial charge is 0.305 e. The zero-order chi connectivity index (χ0) is 14.1. The molecule has 1 aromatic rings. The molecule has 0 atom stereocenters. The third-order valence-corrected chi connectivity index (χ3v) is 3.74. The van der Waals surface area contributed by atoms with Gasteiger partial charge in [0.15, 0.2) is 0 Å². The molecule has 0 aliphatic rings. The van der Waals surface area contributed by atoms with E-state index < -0.39 is 0 Å². The lowest BCUT2D eigenvalue weighted by molar-refractivity contribution is -0.140. The molecule has 0 aromatic heterocycles. The number of rotatable bonds is 8. The number of thioether (sulfide) groups is 1. The SMILES string of the molecule is COC(=O)CCCNCc1ccccc1SC(C)C. The van der Waals surface area contributed by atoms with Gasteiger partial charge in [0.1, 0.15) is 0 Å². The third kappa shape index (κ3) is 6.64. The quantitative estimate of drug-likeness (QED) is 0.451. The van der Waals surface area contributed by atoms with Gasteiger partial charge >= 0.3 is 5.97 Å². The van der Waals surface area contributed by atoms with E-state index in [9.17, 15) is 4.79 Å². The molecule has 0 spiro atoms. The van der Waals surface area contributed by atoms with Crippen LogP contribution in [-0.2, 0) is 16.1 Å². The highest BCUT2D eigenvalue weighted by molar-refractivity contribution is 8.00. The summed E-state index contributed by atoms with van der Waals surface area (Å²) in [4.78, 5) is 12.3. The lowest BCUT2D eigenvalue weighted by Gasteiger charge is -2.11. The van der Waals surface area contributed by atoms with Crippen molar-refractivity contribution in [2.24, 2.45) is 0 Å². The van der Waals surface area contributed by atoms with Crippen LogP contribution in [0, 0.1) is 0 Å². The number of carbonyl (C=O) groups excluding carboxylic acids is 1. The van der Waals surface area contributed by atoms with Crippen molar-refractivity contribution in [3.63, 3.8) is 0 Å². The number of carbonyl (C=O) groups is 1. The van der Waals surface area contributed by atoms with Gasteiger partial charge in [-0.15, -0.1) is 11.8 Å². The molecule has 3 nitrogen and oxygen atoms in total. The van der Waals surface area contributed by atoms with Crippen LogP contribution in [0.3, 0.4) is 0 Å². The average molecular weight is 281 g/mol. The lowest BCUT2D eigenvalue weighted by Crippen LogP contribution is -2.16. The highest BCUT2D eigenvalue weighted by atomic mass is 32.2. The molecule has 1 rings (SSSR count). The van der Waals surface area contributed by atoms with Crippen molar-refractivity contribution >= 4 is 17.7 Å². The maximum atomic E-state index is 11.0. The molecular weight excluding hydrogens is 258 g/mol. The minimum Gasteiger partial charge on any atom is -0.469 e. The largest absolute Gasteiger partial charge is 0.469 e. The van der Waals surface area contributed by atoms with E-state index in [2.05, 4.69) is 48.2 Å². The first-order chi connectivity index (χ1) is 9.13. The minimum absolute atomic E-state index is 0.141. The number of benzene rings is 1. The van der Waals surface area contributed by atoms with Crippen molar-refractivity contribution < 1.29 is 9.53 Å². The Morgan fingerprint density at radius 2 is 2.11 bits per heavy atom. The summed E-state index contributed by atoms with van der Waals surface area (Å²) in [7, 11) is 1.43. The summed E-state index contributed by atoms with van der Waals surface area (Å²) in [5, 5.41) is 3.96. The summed E-state index contributed by atoms with van der Waals surface area (Å²) in [5.74, 6) is -0.141. The second-order valence-corrected chi connectivity index (χ2v) is 6.25. The highest BCUT2D eigenvalue weighted by Crippen LogP contribution is 2.26. The molecule has 0 fully saturated rings. The molecule has 0 saturated carbocycles. The fourth-order valence-corrected chi connectivity index (χ4v) is 2.66. The highest BCUT2D eigenvalue weighted by Gasteiger charge is 2.04. The van der Waals surface area contributed by atoms with Crippen LogP contribution in [0.5, 0.6) is 0 Å². The first-order valence-corrected chi connectivity index (χ1v) is 7.53. The van der Waals surface area contributed by atoms with E-state index in [4.69, 9.17) is 0 Å². The Kier molecular flexibility index (Phi) is 7.60. The maximum absolute atomic E-state index is 11.0. The Bertz CT molecular complexity index is 393. The third-order valence-electron chi connectivity index (χ3n) is 2.61. The van der Waals surface area contributed by atoms with Crippen LogP contribution in [0.4, 0.5) is 0 Å². The Morgan fingerprint density at radius 1 is 1.37 bits per heavy atom. The topological polar surface area (TPSA) is 38.3 Å². The molecule has 106 valence electrons. The first kappa shape index (κ1) is 16.1. The van der Waals surface area contributed by atoms with E-state index >= 15 is 0 Å². The molecule has 19 heavy (non-hydrogen) atoms. The molecule has 4 heteroatoms. The Balaban J connectivity index is 2.34. The average Bonchev–Trinajstić information content (AvgIpc) is 2.39. The molecule has 0 aliphatic carbocycles. The summed E-state index contributed by atoms with van der Waals surface area (Å²) in [6.07, 6.45) is 1.29. The van der Waals surface area contributed by atoms with Crippen LogP contribution < -0.4 is 5.32 Å². The molecule has 0 amide bonds. The van der Waals surface area contributed by atoms with Crippen LogP contribution in [0.15, 0.2) is 29.2 Å². The van der Waals surface area contributed by atoms with Crippen LogP contribution in [0.1, 0.15) is 32.3 Å². The van der Waals surface area contributed by atoms with Gasteiger partial charge in [-0.25, -0.2) is 0 Å². The Morgan fingerprint density at radius 3 is 2.79 bits per heavy atom. The fourth-order valence-electron chi connectivity index (χ4n) is 1.70. The monoisotopic (exact) mass is 281 g/mol. The minimum atomic E-state index is -0.141. The van der Waals surface area contributed by atoms with E-state index in [-0.39, 0.29) is 5.97 Å². The molecule has 0 bridgehead atoms. The Hall–Kier alpha value is -1.00. The van der Waals surface area contributed by atoms with Gasteiger partial charge in [0.25, 0.3) is 0 Å². The van der Waals surface area contributed by atoms with E-state index in [0.717, 1.165) is 19.5 Å². The number of hydrogen-bond acceptors (Lipinski definition) is 4. The number of methoxy groups -OCH3 is 1. The number of ether oxygens (including phenoxy) is 1. The zero-order valence-electron chi connectivity index (χ0n) is 11.9. The zero-order valence-corrected chi connectivity index (χ0v) is 12.8. The summed E-state index contributed by atoms with van der Waals surface area (Å²) < 4.78 is 4.61. The summed E-state index contributed by atoms with van der Waals surface area (Å²) in [6, 6.07) is 8.45.